The Morgan fingerprint density at radius 1 is 1.37 bits per heavy atom. The van der Waals surface area contributed by atoms with Gasteiger partial charge in [-0.2, -0.15) is 4.31 Å². The first-order valence-electron chi connectivity index (χ1n) is 6.38. The highest BCUT2D eigenvalue weighted by molar-refractivity contribution is 7.88. The van der Waals surface area contributed by atoms with Gasteiger partial charge in [0.05, 0.1) is 5.75 Å². The van der Waals surface area contributed by atoms with Crippen molar-refractivity contribution in [2.24, 2.45) is 5.73 Å². The molecule has 0 saturated carbocycles. The third kappa shape index (κ3) is 3.52. The molecule has 0 aliphatic carbocycles. The van der Waals surface area contributed by atoms with Gasteiger partial charge in [-0.1, -0.05) is 12.1 Å². The summed E-state index contributed by atoms with van der Waals surface area (Å²) in [5, 5.41) is 0. The van der Waals surface area contributed by atoms with Gasteiger partial charge in [0.2, 0.25) is 10.0 Å². The van der Waals surface area contributed by atoms with E-state index in [1.807, 2.05) is 6.92 Å². The van der Waals surface area contributed by atoms with Crippen molar-refractivity contribution in [2.45, 2.75) is 37.6 Å². The van der Waals surface area contributed by atoms with Crippen molar-refractivity contribution in [3.8, 4) is 0 Å². The molecule has 1 aromatic carbocycles. The zero-order valence-corrected chi connectivity index (χ0v) is 11.7. The summed E-state index contributed by atoms with van der Waals surface area (Å²) in [5.41, 5.74) is 6.44. The smallest absolute Gasteiger partial charge is 0.218 e. The Hall–Kier alpha value is -0.980. The third-order valence-electron chi connectivity index (χ3n) is 3.48. The van der Waals surface area contributed by atoms with E-state index in [-0.39, 0.29) is 23.7 Å². The second kappa shape index (κ2) is 5.56. The van der Waals surface area contributed by atoms with Crippen LogP contribution in [0.5, 0.6) is 0 Å². The van der Waals surface area contributed by atoms with E-state index in [4.69, 9.17) is 5.73 Å². The largest absolute Gasteiger partial charge is 0.328 e. The average molecular weight is 286 g/mol. The van der Waals surface area contributed by atoms with Crippen LogP contribution in [0.3, 0.4) is 0 Å². The normalized spacial score (nSPS) is 25.4. The van der Waals surface area contributed by atoms with Crippen molar-refractivity contribution in [3.05, 3.63) is 35.6 Å². The van der Waals surface area contributed by atoms with Crippen molar-refractivity contribution in [1.29, 1.82) is 0 Å². The minimum atomic E-state index is -3.37. The van der Waals surface area contributed by atoms with Gasteiger partial charge in [-0.15, -0.1) is 0 Å². The number of hydrogen-bond acceptors (Lipinski definition) is 3. The summed E-state index contributed by atoms with van der Waals surface area (Å²) in [4.78, 5) is 0. The highest BCUT2D eigenvalue weighted by Crippen LogP contribution is 2.22. The molecular formula is C13H19FN2O2S. The van der Waals surface area contributed by atoms with E-state index in [0.29, 0.717) is 24.9 Å². The zero-order chi connectivity index (χ0) is 14.0. The summed E-state index contributed by atoms with van der Waals surface area (Å²) in [6, 6.07) is 5.57. The molecule has 2 rings (SSSR count). The van der Waals surface area contributed by atoms with Crippen molar-refractivity contribution in [3.63, 3.8) is 0 Å². The van der Waals surface area contributed by atoms with Crippen LogP contribution in [-0.2, 0) is 15.8 Å². The topological polar surface area (TPSA) is 63.4 Å². The lowest BCUT2D eigenvalue weighted by Crippen LogP contribution is -2.48. The van der Waals surface area contributed by atoms with Gasteiger partial charge in [0.15, 0.2) is 0 Å². The Balaban J connectivity index is 2.12. The van der Waals surface area contributed by atoms with Gasteiger partial charge >= 0.3 is 0 Å². The summed E-state index contributed by atoms with van der Waals surface area (Å²) in [6.07, 6.45) is 1.37. The minimum absolute atomic E-state index is 0.0748. The lowest BCUT2D eigenvalue weighted by Gasteiger charge is -2.35. The number of hydrogen-bond donors (Lipinski definition) is 1. The van der Waals surface area contributed by atoms with Crippen LogP contribution in [0.15, 0.2) is 24.3 Å². The van der Waals surface area contributed by atoms with Crippen molar-refractivity contribution in [2.75, 3.05) is 6.54 Å². The van der Waals surface area contributed by atoms with E-state index >= 15 is 0 Å². The van der Waals surface area contributed by atoms with Gasteiger partial charge in [0.1, 0.15) is 5.82 Å². The number of benzene rings is 1. The number of sulfonamides is 1. The van der Waals surface area contributed by atoms with Crippen LogP contribution in [0, 0.1) is 5.82 Å². The fraction of sp³-hybridized carbons (Fsp3) is 0.538. The standard InChI is InChI=1S/C13H19FN2O2S/c1-10-8-13(15)6-7-16(10)19(17,18)9-11-2-4-12(14)5-3-11/h2-5,10,13H,6-9,15H2,1H3. The van der Waals surface area contributed by atoms with Crippen molar-refractivity contribution < 1.29 is 12.8 Å². The number of piperidine rings is 1. The second-order valence-electron chi connectivity index (χ2n) is 5.13. The number of halogens is 1. The molecule has 0 spiro atoms. The molecule has 4 nitrogen and oxygen atoms in total. The quantitative estimate of drug-likeness (QED) is 0.915. The molecular weight excluding hydrogens is 267 g/mol. The summed E-state index contributed by atoms with van der Waals surface area (Å²) >= 11 is 0. The molecule has 1 saturated heterocycles. The monoisotopic (exact) mass is 286 g/mol. The Labute approximate surface area is 113 Å². The maximum Gasteiger partial charge on any atom is 0.218 e. The van der Waals surface area contributed by atoms with Crippen LogP contribution < -0.4 is 5.73 Å². The molecule has 106 valence electrons. The molecule has 6 heteroatoms. The van der Waals surface area contributed by atoms with Crippen LogP contribution in [0.1, 0.15) is 25.3 Å². The third-order valence-corrected chi connectivity index (χ3v) is 5.43. The molecule has 2 N–H and O–H groups in total. The van der Waals surface area contributed by atoms with Gasteiger partial charge < -0.3 is 5.73 Å². The molecule has 0 aromatic heterocycles. The lowest BCUT2D eigenvalue weighted by molar-refractivity contribution is 0.247. The molecule has 0 amide bonds. The predicted octanol–water partition coefficient (Wildman–Crippen LogP) is 1.47. The van der Waals surface area contributed by atoms with Crippen LogP contribution in [-0.4, -0.2) is 31.4 Å². The first-order chi connectivity index (χ1) is 8.88. The van der Waals surface area contributed by atoms with E-state index < -0.39 is 10.0 Å². The van der Waals surface area contributed by atoms with E-state index in [9.17, 15) is 12.8 Å². The predicted molar refractivity (Wildman–Crippen MR) is 72.4 cm³/mol. The van der Waals surface area contributed by atoms with Gasteiger partial charge in [-0.05, 0) is 37.5 Å². The van der Waals surface area contributed by atoms with Gasteiger partial charge in [-0.3, -0.25) is 0 Å². The molecule has 0 radical (unpaired) electrons. The molecule has 2 unspecified atom stereocenters. The average Bonchev–Trinajstić information content (AvgIpc) is 2.31. The summed E-state index contributed by atoms with van der Waals surface area (Å²) in [6.45, 7) is 2.34. The molecule has 2 atom stereocenters. The minimum Gasteiger partial charge on any atom is -0.328 e. The van der Waals surface area contributed by atoms with Crippen molar-refractivity contribution >= 4 is 10.0 Å². The Kier molecular flexibility index (Phi) is 4.23. The van der Waals surface area contributed by atoms with E-state index in [1.165, 1.54) is 28.6 Å². The molecule has 19 heavy (non-hydrogen) atoms. The molecule has 1 aromatic rings. The first kappa shape index (κ1) is 14.4. The SMILES string of the molecule is CC1CC(N)CCN1S(=O)(=O)Cc1ccc(F)cc1. The zero-order valence-electron chi connectivity index (χ0n) is 10.9. The number of rotatable bonds is 3. The maximum atomic E-state index is 12.8. The Morgan fingerprint density at radius 2 is 2.00 bits per heavy atom. The van der Waals surface area contributed by atoms with Crippen LogP contribution in [0.2, 0.25) is 0 Å². The number of nitrogens with two attached hydrogens (primary N) is 1. The summed E-state index contributed by atoms with van der Waals surface area (Å²) in [5.74, 6) is -0.453. The fourth-order valence-corrected chi connectivity index (χ4v) is 4.27. The van der Waals surface area contributed by atoms with Crippen molar-refractivity contribution in [1.82, 2.24) is 4.31 Å². The fourth-order valence-electron chi connectivity index (χ4n) is 2.47. The van der Waals surface area contributed by atoms with E-state index in [1.54, 1.807) is 0 Å². The van der Waals surface area contributed by atoms with Crippen LogP contribution in [0.4, 0.5) is 4.39 Å². The molecule has 1 aliphatic heterocycles. The van der Waals surface area contributed by atoms with Gasteiger partial charge in [0.25, 0.3) is 0 Å². The van der Waals surface area contributed by atoms with Crippen LogP contribution in [0.25, 0.3) is 0 Å². The summed E-state index contributed by atoms with van der Waals surface area (Å²) < 4.78 is 39.0. The maximum absolute atomic E-state index is 12.8. The van der Waals surface area contributed by atoms with Gasteiger partial charge in [0, 0.05) is 18.6 Å². The lowest BCUT2D eigenvalue weighted by atomic mass is 10.0. The summed E-state index contributed by atoms with van der Waals surface area (Å²) in [7, 11) is -3.37. The van der Waals surface area contributed by atoms with Crippen LogP contribution >= 0.6 is 0 Å². The van der Waals surface area contributed by atoms with E-state index in [2.05, 4.69) is 0 Å². The molecule has 1 aliphatic rings. The highest BCUT2D eigenvalue weighted by atomic mass is 32.2. The van der Waals surface area contributed by atoms with Gasteiger partial charge in [-0.25, -0.2) is 12.8 Å². The molecule has 1 heterocycles. The molecule has 1 fully saturated rings. The Bertz CT molecular complexity index is 530. The highest BCUT2D eigenvalue weighted by Gasteiger charge is 2.32. The Morgan fingerprint density at radius 3 is 2.58 bits per heavy atom. The second-order valence-corrected chi connectivity index (χ2v) is 7.05. The molecule has 0 bridgehead atoms. The first-order valence-corrected chi connectivity index (χ1v) is 7.99. The van der Waals surface area contributed by atoms with E-state index in [0.717, 1.165) is 0 Å². The number of nitrogens with zero attached hydrogens (tertiary/aromatic N) is 1.